The van der Waals surface area contributed by atoms with Crippen LogP contribution in [0, 0.1) is 10.1 Å². The molecule has 0 bridgehead atoms. The molecule has 14 heavy (non-hydrogen) atoms. The molecular formula is C7H14N4O3. The fourth-order valence-corrected chi connectivity index (χ4v) is 1.20. The highest BCUT2D eigenvalue weighted by Gasteiger charge is 2.26. The summed E-state index contributed by atoms with van der Waals surface area (Å²) in [4.78, 5) is 13.6. The molecule has 0 radical (unpaired) electrons. The molecule has 0 aliphatic carbocycles. The topological polar surface area (TPSA) is 71.2 Å². The number of hydrogen-bond acceptors (Lipinski definition) is 3. The van der Waals surface area contributed by atoms with Gasteiger partial charge in [0, 0.05) is 13.1 Å². The molecule has 7 heteroatoms. The third-order valence-corrected chi connectivity index (χ3v) is 1.91. The Balaban J connectivity index is 2.86. The van der Waals surface area contributed by atoms with Crippen LogP contribution in [0.4, 0.5) is 0 Å². The molecule has 0 unspecified atom stereocenters. The summed E-state index contributed by atoms with van der Waals surface area (Å²) < 4.78 is 5.22. The van der Waals surface area contributed by atoms with Crippen molar-refractivity contribution in [3.63, 3.8) is 0 Å². The van der Waals surface area contributed by atoms with Crippen molar-refractivity contribution >= 4 is 5.96 Å². The SMILES string of the molecule is CC(C)N1COCN(C)/C1=N\[N+](=O)[O-]. The van der Waals surface area contributed by atoms with Gasteiger partial charge in [-0.25, -0.2) is 10.1 Å². The average molecular weight is 202 g/mol. The maximum Gasteiger partial charge on any atom is 0.277 e. The highest BCUT2D eigenvalue weighted by molar-refractivity contribution is 5.79. The van der Waals surface area contributed by atoms with Crippen LogP contribution in [0.1, 0.15) is 13.8 Å². The summed E-state index contributed by atoms with van der Waals surface area (Å²) in [5.41, 5.74) is 0. The summed E-state index contributed by atoms with van der Waals surface area (Å²) in [6.07, 6.45) is 0. The molecule has 0 aromatic heterocycles. The van der Waals surface area contributed by atoms with E-state index in [1.165, 1.54) is 0 Å². The standard InChI is InChI=1S/C7H14N4O3/c1-6(2)10-5-14-4-9(3)7(10)8-11(12)13/h6H,4-5H2,1-3H3/b8-7+. The predicted molar refractivity (Wildman–Crippen MR) is 50.0 cm³/mol. The first-order valence-electron chi connectivity index (χ1n) is 4.31. The summed E-state index contributed by atoms with van der Waals surface area (Å²) in [6, 6.07) is 0.122. The number of nitro groups is 1. The molecule has 0 atom stereocenters. The maximum absolute atomic E-state index is 10.3. The van der Waals surface area contributed by atoms with E-state index in [2.05, 4.69) is 5.10 Å². The number of guanidine groups is 1. The van der Waals surface area contributed by atoms with Crippen LogP contribution in [-0.2, 0) is 4.74 Å². The zero-order chi connectivity index (χ0) is 10.7. The van der Waals surface area contributed by atoms with Gasteiger partial charge in [0.2, 0.25) is 0 Å². The molecule has 1 heterocycles. The lowest BCUT2D eigenvalue weighted by atomic mass is 10.3. The normalized spacial score (nSPS) is 20.7. The minimum atomic E-state index is -0.688. The Morgan fingerprint density at radius 2 is 2.21 bits per heavy atom. The Morgan fingerprint density at radius 3 is 2.71 bits per heavy atom. The van der Waals surface area contributed by atoms with Crippen molar-refractivity contribution in [2.24, 2.45) is 5.10 Å². The van der Waals surface area contributed by atoms with Gasteiger partial charge in [0.1, 0.15) is 18.6 Å². The fourth-order valence-electron chi connectivity index (χ4n) is 1.20. The summed E-state index contributed by atoms with van der Waals surface area (Å²) in [5.74, 6) is 0.344. The van der Waals surface area contributed by atoms with E-state index in [0.29, 0.717) is 19.4 Å². The van der Waals surface area contributed by atoms with E-state index in [1.807, 2.05) is 13.8 Å². The van der Waals surface area contributed by atoms with Crippen LogP contribution < -0.4 is 0 Å². The third kappa shape index (κ3) is 2.32. The maximum atomic E-state index is 10.3. The van der Waals surface area contributed by atoms with Crippen LogP contribution in [0.25, 0.3) is 0 Å². The molecular weight excluding hydrogens is 188 g/mol. The van der Waals surface area contributed by atoms with E-state index in [0.717, 1.165) is 0 Å². The minimum absolute atomic E-state index is 0.122. The van der Waals surface area contributed by atoms with Gasteiger partial charge in [-0.15, -0.1) is 0 Å². The zero-order valence-electron chi connectivity index (χ0n) is 8.51. The molecule has 1 aliphatic rings. The highest BCUT2D eigenvalue weighted by atomic mass is 16.7. The Morgan fingerprint density at radius 1 is 1.57 bits per heavy atom. The van der Waals surface area contributed by atoms with E-state index in [9.17, 15) is 10.1 Å². The molecule has 1 rings (SSSR count). The number of ether oxygens (including phenoxy) is 1. The van der Waals surface area contributed by atoms with Gasteiger partial charge in [0.15, 0.2) is 5.03 Å². The Bertz CT molecular complexity index is 253. The lowest BCUT2D eigenvalue weighted by molar-refractivity contribution is -0.486. The molecule has 0 saturated carbocycles. The first-order valence-corrected chi connectivity index (χ1v) is 4.31. The van der Waals surface area contributed by atoms with Gasteiger partial charge in [-0.3, -0.25) is 0 Å². The van der Waals surface area contributed by atoms with E-state index >= 15 is 0 Å². The van der Waals surface area contributed by atoms with Crippen LogP contribution in [-0.4, -0.2) is 47.3 Å². The minimum Gasteiger partial charge on any atom is -0.341 e. The molecule has 0 spiro atoms. The third-order valence-electron chi connectivity index (χ3n) is 1.91. The molecule has 1 fully saturated rings. The number of hydrogen-bond donors (Lipinski definition) is 0. The highest BCUT2D eigenvalue weighted by Crippen LogP contribution is 2.09. The van der Waals surface area contributed by atoms with Gasteiger partial charge in [-0.2, -0.15) is 0 Å². The van der Waals surface area contributed by atoms with Gasteiger partial charge < -0.3 is 14.5 Å². The largest absolute Gasteiger partial charge is 0.341 e. The monoisotopic (exact) mass is 202 g/mol. The van der Waals surface area contributed by atoms with Crippen LogP contribution in [0.5, 0.6) is 0 Å². The molecule has 0 amide bonds. The van der Waals surface area contributed by atoms with Crippen molar-refractivity contribution in [2.45, 2.75) is 19.9 Å². The summed E-state index contributed by atoms with van der Waals surface area (Å²) in [5, 5.41) is 12.9. The molecule has 0 aromatic rings. The second-order valence-electron chi connectivity index (χ2n) is 3.36. The number of nitrogens with zero attached hydrogens (tertiary/aromatic N) is 4. The molecule has 80 valence electrons. The van der Waals surface area contributed by atoms with Crippen molar-refractivity contribution in [3.05, 3.63) is 10.1 Å². The summed E-state index contributed by atoms with van der Waals surface area (Å²) in [6.45, 7) is 4.53. The van der Waals surface area contributed by atoms with Gasteiger partial charge >= 0.3 is 0 Å². The van der Waals surface area contributed by atoms with Crippen LogP contribution >= 0.6 is 0 Å². The number of hydrazone groups is 1. The first-order chi connectivity index (χ1) is 6.52. The van der Waals surface area contributed by atoms with Gasteiger partial charge in [0.25, 0.3) is 5.96 Å². The molecule has 7 nitrogen and oxygen atoms in total. The van der Waals surface area contributed by atoms with Crippen LogP contribution in [0.3, 0.4) is 0 Å². The second-order valence-corrected chi connectivity index (χ2v) is 3.36. The zero-order valence-corrected chi connectivity index (χ0v) is 8.51. The fraction of sp³-hybridized carbons (Fsp3) is 0.857. The molecule has 0 N–H and O–H groups in total. The quantitative estimate of drug-likeness (QED) is 0.470. The Hall–Kier alpha value is -1.37. The van der Waals surface area contributed by atoms with E-state index in [4.69, 9.17) is 4.74 Å². The molecule has 0 aromatic carbocycles. The molecule has 1 saturated heterocycles. The van der Waals surface area contributed by atoms with Crippen molar-refractivity contribution in [3.8, 4) is 0 Å². The summed E-state index contributed by atoms with van der Waals surface area (Å²) in [7, 11) is 1.71. The van der Waals surface area contributed by atoms with E-state index in [-0.39, 0.29) is 6.04 Å². The van der Waals surface area contributed by atoms with Crippen molar-refractivity contribution < 1.29 is 9.77 Å². The van der Waals surface area contributed by atoms with E-state index in [1.54, 1.807) is 16.8 Å². The number of rotatable bonds is 2. The predicted octanol–water partition coefficient (Wildman–Crippen LogP) is 0.122. The Kier molecular flexibility index (Phi) is 3.23. The van der Waals surface area contributed by atoms with Crippen molar-refractivity contribution in [1.82, 2.24) is 9.80 Å². The second kappa shape index (κ2) is 4.23. The lowest BCUT2D eigenvalue weighted by Gasteiger charge is -2.37. The van der Waals surface area contributed by atoms with E-state index < -0.39 is 5.03 Å². The first kappa shape index (κ1) is 10.7. The Labute approximate surface area is 82.1 Å². The van der Waals surface area contributed by atoms with Crippen LogP contribution in [0.15, 0.2) is 5.10 Å². The van der Waals surface area contributed by atoms with Crippen molar-refractivity contribution in [1.29, 1.82) is 0 Å². The lowest BCUT2D eigenvalue weighted by Crippen LogP contribution is -2.52. The molecule has 1 aliphatic heterocycles. The van der Waals surface area contributed by atoms with Gasteiger partial charge in [-0.1, -0.05) is 0 Å². The smallest absolute Gasteiger partial charge is 0.277 e. The average Bonchev–Trinajstić information content (AvgIpc) is 2.07. The van der Waals surface area contributed by atoms with Crippen molar-refractivity contribution in [2.75, 3.05) is 20.5 Å². The van der Waals surface area contributed by atoms with Crippen LogP contribution in [0.2, 0.25) is 0 Å². The van der Waals surface area contributed by atoms with Gasteiger partial charge in [0.05, 0.1) is 0 Å². The summed E-state index contributed by atoms with van der Waals surface area (Å²) >= 11 is 0. The van der Waals surface area contributed by atoms with Gasteiger partial charge in [-0.05, 0) is 13.8 Å².